The predicted octanol–water partition coefficient (Wildman–Crippen LogP) is 1.39. The van der Waals surface area contributed by atoms with Gasteiger partial charge >= 0.3 is 0 Å². The molecule has 0 spiro atoms. The lowest BCUT2D eigenvalue weighted by Crippen LogP contribution is -2.47. The summed E-state index contributed by atoms with van der Waals surface area (Å²) in [4.78, 5) is 0. The van der Waals surface area contributed by atoms with Gasteiger partial charge in [0, 0.05) is 26.7 Å². The summed E-state index contributed by atoms with van der Waals surface area (Å²) in [6.45, 7) is 8.83. The number of methoxy groups -OCH3 is 1. The smallest absolute Gasteiger partial charge is 0.0667 e. The van der Waals surface area contributed by atoms with E-state index in [0.717, 1.165) is 19.6 Å². The molecule has 0 saturated carbocycles. The summed E-state index contributed by atoms with van der Waals surface area (Å²) in [5.41, 5.74) is 0.478. The van der Waals surface area contributed by atoms with E-state index in [0.29, 0.717) is 11.5 Å². The van der Waals surface area contributed by atoms with Gasteiger partial charge in [0.2, 0.25) is 0 Å². The Kier molecular flexibility index (Phi) is 5.58. The molecule has 1 fully saturated rings. The second-order valence-electron chi connectivity index (χ2n) is 4.81. The number of piperidine rings is 1. The number of ether oxygens (including phenoxy) is 1. The van der Waals surface area contributed by atoms with Gasteiger partial charge in [-0.15, -0.1) is 0 Å². The summed E-state index contributed by atoms with van der Waals surface area (Å²) in [5.74, 6) is 0. The molecule has 2 unspecified atom stereocenters. The van der Waals surface area contributed by atoms with Crippen molar-refractivity contribution >= 4 is 0 Å². The largest absolute Gasteiger partial charge is 0.380 e. The molecule has 0 amide bonds. The van der Waals surface area contributed by atoms with Crippen LogP contribution in [0.4, 0.5) is 0 Å². The third kappa shape index (κ3) is 4.09. The lowest BCUT2D eigenvalue weighted by Gasteiger charge is -2.37. The predicted molar refractivity (Wildman–Crippen MR) is 64.2 cm³/mol. The van der Waals surface area contributed by atoms with Crippen LogP contribution in [-0.4, -0.2) is 39.4 Å². The Bertz CT molecular complexity index is 167. The molecular formula is C12H26N2O. The zero-order chi connectivity index (χ0) is 11.1. The van der Waals surface area contributed by atoms with Crippen LogP contribution in [0.1, 0.15) is 33.1 Å². The Hall–Kier alpha value is -0.120. The Morgan fingerprint density at radius 2 is 2.33 bits per heavy atom. The van der Waals surface area contributed by atoms with Gasteiger partial charge < -0.3 is 15.4 Å². The molecule has 2 atom stereocenters. The molecule has 0 aromatic carbocycles. The number of hydrogen-bond donors (Lipinski definition) is 2. The topological polar surface area (TPSA) is 33.3 Å². The van der Waals surface area contributed by atoms with Crippen molar-refractivity contribution in [3.8, 4) is 0 Å². The Morgan fingerprint density at radius 3 is 2.87 bits per heavy atom. The summed E-state index contributed by atoms with van der Waals surface area (Å²) < 4.78 is 5.23. The Labute approximate surface area is 94.0 Å². The van der Waals surface area contributed by atoms with Gasteiger partial charge in [-0.05, 0) is 38.1 Å². The first-order valence-electron chi connectivity index (χ1n) is 6.17. The second kappa shape index (κ2) is 6.46. The highest BCUT2D eigenvalue weighted by Crippen LogP contribution is 2.28. The van der Waals surface area contributed by atoms with Gasteiger partial charge in [0.05, 0.1) is 6.10 Å². The van der Waals surface area contributed by atoms with E-state index in [1.807, 2.05) is 0 Å². The van der Waals surface area contributed by atoms with Crippen molar-refractivity contribution in [2.75, 3.05) is 33.3 Å². The van der Waals surface area contributed by atoms with Gasteiger partial charge in [-0.3, -0.25) is 0 Å². The molecule has 1 saturated heterocycles. The summed E-state index contributed by atoms with van der Waals surface area (Å²) in [6.07, 6.45) is 4.24. The first kappa shape index (κ1) is 12.9. The molecule has 15 heavy (non-hydrogen) atoms. The summed E-state index contributed by atoms with van der Waals surface area (Å²) >= 11 is 0. The fraction of sp³-hybridized carbons (Fsp3) is 1.00. The van der Waals surface area contributed by atoms with Crippen molar-refractivity contribution in [1.82, 2.24) is 10.6 Å². The fourth-order valence-electron chi connectivity index (χ4n) is 2.23. The molecule has 1 aliphatic heterocycles. The van der Waals surface area contributed by atoms with Gasteiger partial charge in [-0.25, -0.2) is 0 Å². The average molecular weight is 214 g/mol. The maximum Gasteiger partial charge on any atom is 0.0667 e. The summed E-state index contributed by atoms with van der Waals surface area (Å²) in [7, 11) is 1.77. The highest BCUT2D eigenvalue weighted by molar-refractivity contribution is 4.86. The molecule has 1 heterocycles. The Balaban J connectivity index is 2.26. The minimum atomic E-state index is 0.315. The van der Waals surface area contributed by atoms with Crippen LogP contribution in [0.25, 0.3) is 0 Å². The van der Waals surface area contributed by atoms with E-state index in [1.165, 1.54) is 25.8 Å². The molecule has 0 aromatic rings. The van der Waals surface area contributed by atoms with Crippen molar-refractivity contribution in [2.24, 2.45) is 5.41 Å². The van der Waals surface area contributed by atoms with Crippen LogP contribution < -0.4 is 10.6 Å². The average Bonchev–Trinajstić information content (AvgIpc) is 2.30. The molecular weight excluding hydrogens is 188 g/mol. The number of rotatable bonds is 6. The lowest BCUT2D eigenvalue weighted by atomic mass is 9.78. The van der Waals surface area contributed by atoms with E-state index in [4.69, 9.17) is 4.74 Å². The van der Waals surface area contributed by atoms with E-state index < -0.39 is 0 Å². The van der Waals surface area contributed by atoms with E-state index >= 15 is 0 Å². The SMILES string of the molecule is CCC1(CNCC(C)OC)CCCNC1. The van der Waals surface area contributed by atoms with Crippen molar-refractivity contribution in [2.45, 2.75) is 39.2 Å². The van der Waals surface area contributed by atoms with E-state index in [1.54, 1.807) is 7.11 Å². The summed E-state index contributed by atoms with van der Waals surface area (Å²) in [5, 5.41) is 7.04. The van der Waals surface area contributed by atoms with Crippen LogP contribution in [0.15, 0.2) is 0 Å². The fourth-order valence-corrected chi connectivity index (χ4v) is 2.23. The quantitative estimate of drug-likeness (QED) is 0.701. The van der Waals surface area contributed by atoms with Crippen LogP contribution in [0.3, 0.4) is 0 Å². The molecule has 0 aromatic heterocycles. The van der Waals surface area contributed by atoms with Gasteiger partial charge in [0.1, 0.15) is 0 Å². The normalized spacial score (nSPS) is 29.0. The summed E-state index contributed by atoms with van der Waals surface area (Å²) in [6, 6.07) is 0. The van der Waals surface area contributed by atoms with Gasteiger partial charge in [-0.2, -0.15) is 0 Å². The number of nitrogens with one attached hydrogen (secondary N) is 2. The zero-order valence-electron chi connectivity index (χ0n) is 10.4. The molecule has 1 aliphatic rings. The Morgan fingerprint density at radius 1 is 1.53 bits per heavy atom. The van der Waals surface area contributed by atoms with Gasteiger partial charge in [-0.1, -0.05) is 6.92 Å². The van der Waals surface area contributed by atoms with Gasteiger partial charge in [0.25, 0.3) is 0 Å². The zero-order valence-corrected chi connectivity index (χ0v) is 10.4. The van der Waals surface area contributed by atoms with E-state index in [-0.39, 0.29) is 0 Å². The molecule has 3 nitrogen and oxygen atoms in total. The maximum absolute atomic E-state index is 5.23. The molecule has 90 valence electrons. The van der Waals surface area contributed by atoms with Gasteiger partial charge in [0.15, 0.2) is 0 Å². The second-order valence-corrected chi connectivity index (χ2v) is 4.81. The molecule has 0 radical (unpaired) electrons. The molecule has 1 rings (SSSR count). The van der Waals surface area contributed by atoms with Crippen LogP contribution in [0.5, 0.6) is 0 Å². The first-order valence-corrected chi connectivity index (χ1v) is 6.17. The highest BCUT2D eigenvalue weighted by atomic mass is 16.5. The van der Waals surface area contributed by atoms with Crippen LogP contribution >= 0.6 is 0 Å². The molecule has 3 heteroatoms. The maximum atomic E-state index is 5.23. The molecule has 0 bridgehead atoms. The van der Waals surface area contributed by atoms with Crippen molar-refractivity contribution in [3.63, 3.8) is 0 Å². The third-order valence-electron chi connectivity index (χ3n) is 3.64. The van der Waals surface area contributed by atoms with E-state index in [2.05, 4.69) is 24.5 Å². The van der Waals surface area contributed by atoms with Crippen LogP contribution in [0.2, 0.25) is 0 Å². The monoisotopic (exact) mass is 214 g/mol. The molecule has 2 N–H and O–H groups in total. The molecule has 0 aliphatic carbocycles. The first-order chi connectivity index (χ1) is 7.22. The van der Waals surface area contributed by atoms with Crippen molar-refractivity contribution < 1.29 is 4.74 Å². The third-order valence-corrected chi connectivity index (χ3v) is 3.64. The standard InChI is InChI=1S/C12H26N2O/c1-4-12(6-5-7-13-9-12)10-14-8-11(2)15-3/h11,13-14H,4-10H2,1-3H3. The van der Waals surface area contributed by atoms with Crippen molar-refractivity contribution in [1.29, 1.82) is 0 Å². The number of hydrogen-bond acceptors (Lipinski definition) is 3. The highest BCUT2D eigenvalue weighted by Gasteiger charge is 2.29. The lowest BCUT2D eigenvalue weighted by molar-refractivity contribution is 0.109. The van der Waals surface area contributed by atoms with Crippen molar-refractivity contribution in [3.05, 3.63) is 0 Å². The van der Waals surface area contributed by atoms with Crippen LogP contribution in [0, 0.1) is 5.41 Å². The minimum absolute atomic E-state index is 0.315. The van der Waals surface area contributed by atoms with Crippen LogP contribution in [-0.2, 0) is 4.74 Å². The van der Waals surface area contributed by atoms with E-state index in [9.17, 15) is 0 Å². The minimum Gasteiger partial charge on any atom is -0.380 e.